The van der Waals surface area contributed by atoms with Crippen LogP contribution in [-0.4, -0.2) is 41.4 Å². The molecule has 1 amide bonds. The van der Waals surface area contributed by atoms with Crippen LogP contribution in [0.1, 0.15) is 12.0 Å². The molecule has 1 saturated heterocycles. The minimum atomic E-state index is -0.949. The highest BCUT2D eigenvalue weighted by molar-refractivity contribution is 7.84. The molecule has 0 aromatic heterocycles. The third-order valence-corrected chi connectivity index (χ3v) is 4.40. The van der Waals surface area contributed by atoms with Crippen molar-refractivity contribution in [1.29, 1.82) is 0 Å². The summed E-state index contributed by atoms with van der Waals surface area (Å²) in [7, 11) is 0.890. The Labute approximate surface area is 128 Å². The number of nitrogens with one attached hydrogen (secondary N) is 1. The highest BCUT2D eigenvalue weighted by Crippen LogP contribution is 2.14. The lowest BCUT2D eigenvalue weighted by molar-refractivity contribution is -0.134. The molecule has 112 valence electrons. The van der Waals surface area contributed by atoms with Crippen molar-refractivity contribution in [2.45, 2.75) is 17.9 Å². The van der Waals surface area contributed by atoms with Gasteiger partial charge in [-0.2, -0.15) is 0 Å². The maximum Gasteiger partial charge on any atom is 0.227 e. The monoisotopic (exact) mass is 316 g/mol. The largest absolute Gasteiger partial charge is 0.341 e. The second-order valence-electron chi connectivity index (χ2n) is 4.98. The van der Waals surface area contributed by atoms with Gasteiger partial charge in [-0.05, 0) is 30.7 Å². The van der Waals surface area contributed by atoms with E-state index in [-0.39, 0.29) is 24.2 Å². The van der Waals surface area contributed by atoms with Crippen LogP contribution in [0.4, 0.5) is 0 Å². The lowest BCUT2D eigenvalue weighted by Gasteiger charge is -2.20. The summed E-state index contributed by atoms with van der Waals surface area (Å²) in [5.41, 5.74) is 1.07. The van der Waals surface area contributed by atoms with Gasteiger partial charge in [-0.1, -0.05) is 12.1 Å². The minimum absolute atomic E-state index is 0. The van der Waals surface area contributed by atoms with E-state index in [9.17, 15) is 9.00 Å². The molecule has 0 saturated carbocycles. The van der Waals surface area contributed by atoms with Crippen LogP contribution in [-0.2, 0) is 22.1 Å². The Morgan fingerprint density at radius 2 is 2.05 bits per heavy atom. The quantitative estimate of drug-likeness (QED) is 0.914. The normalized spacial score (nSPS) is 19.2. The number of benzene rings is 1. The second kappa shape index (κ2) is 7.76. The molecule has 20 heavy (non-hydrogen) atoms. The molecule has 6 heteroatoms. The zero-order valence-electron chi connectivity index (χ0n) is 11.8. The van der Waals surface area contributed by atoms with Crippen molar-refractivity contribution in [3.05, 3.63) is 29.8 Å². The average Bonchev–Trinajstić information content (AvgIpc) is 2.92. The fourth-order valence-corrected chi connectivity index (χ4v) is 2.83. The van der Waals surface area contributed by atoms with Crippen molar-refractivity contribution < 1.29 is 9.00 Å². The molecule has 1 aliphatic rings. The number of amides is 1. The molecule has 2 atom stereocenters. The average molecular weight is 317 g/mol. The summed E-state index contributed by atoms with van der Waals surface area (Å²) in [6, 6.07) is 7.60. The van der Waals surface area contributed by atoms with Gasteiger partial charge in [0.1, 0.15) is 0 Å². The molecule has 2 rings (SSSR count). The third-order valence-electron chi connectivity index (χ3n) is 3.46. The Hall–Kier alpha value is -0.910. The van der Waals surface area contributed by atoms with E-state index in [0.29, 0.717) is 6.54 Å². The molecule has 1 aliphatic heterocycles. The van der Waals surface area contributed by atoms with Crippen LogP contribution in [0, 0.1) is 5.92 Å². The van der Waals surface area contributed by atoms with E-state index in [1.165, 1.54) is 0 Å². The van der Waals surface area contributed by atoms with Gasteiger partial charge in [0, 0.05) is 42.1 Å². The molecule has 1 heterocycles. The second-order valence-corrected chi connectivity index (χ2v) is 6.36. The number of hydrogen-bond acceptors (Lipinski definition) is 3. The molecule has 2 unspecified atom stereocenters. The smallest absolute Gasteiger partial charge is 0.227 e. The summed E-state index contributed by atoms with van der Waals surface area (Å²) in [6.45, 7) is 2.32. The first-order valence-electron chi connectivity index (χ1n) is 6.46. The van der Waals surface area contributed by atoms with Crippen molar-refractivity contribution in [2.24, 2.45) is 5.92 Å². The van der Waals surface area contributed by atoms with E-state index >= 15 is 0 Å². The molecule has 0 radical (unpaired) electrons. The van der Waals surface area contributed by atoms with Crippen LogP contribution in [0.3, 0.4) is 0 Å². The summed E-state index contributed by atoms with van der Waals surface area (Å²) in [5, 5.41) is 3.21. The Bertz CT molecular complexity index is 473. The van der Waals surface area contributed by atoms with Gasteiger partial charge < -0.3 is 10.2 Å². The summed E-state index contributed by atoms with van der Waals surface area (Å²) in [5.74, 6) is 0.320. The highest BCUT2D eigenvalue weighted by atomic mass is 35.5. The van der Waals surface area contributed by atoms with Crippen molar-refractivity contribution >= 4 is 29.1 Å². The highest BCUT2D eigenvalue weighted by Gasteiger charge is 2.25. The molecular formula is C14H21ClN2O2S. The fourth-order valence-electron chi connectivity index (χ4n) is 2.32. The van der Waals surface area contributed by atoms with Gasteiger partial charge in [-0.25, -0.2) is 0 Å². The summed E-state index contributed by atoms with van der Waals surface area (Å²) in [6.07, 6.45) is 2.59. The molecule has 1 fully saturated rings. The van der Waals surface area contributed by atoms with Crippen LogP contribution in [0.15, 0.2) is 29.2 Å². The van der Waals surface area contributed by atoms with Crippen LogP contribution < -0.4 is 5.32 Å². The van der Waals surface area contributed by atoms with E-state index in [4.69, 9.17) is 0 Å². The molecule has 0 spiro atoms. The first-order chi connectivity index (χ1) is 9.08. The first-order valence-corrected chi connectivity index (χ1v) is 8.02. The fraction of sp³-hybridized carbons (Fsp3) is 0.500. The molecule has 0 bridgehead atoms. The predicted molar refractivity (Wildman–Crippen MR) is 83.5 cm³/mol. The van der Waals surface area contributed by atoms with E-state index in [0.717, 1.165) is 30.0 Å². The number of hydrogen-bond donors (Lipinski definition) is 1. The lowest BCUT2D eigenvalue weighted by atomic mass is 10.1. The number of halogens is 1. The van der Waals surface area contributed by atoms with E-state index in [1.54, 1.807) is 11.2 Å². The summed E-state index contributed by atoms with van der Waals surface area (Å²) in [4.78, 5) is 14.8. The van der Waals surface area contributed by atoms with Crippen molar-refractivity contribution in [1.82, 2.24) is 10.2 Å². The van der Waals surface area contributed by atoms with Gasteiger partial charge in [-0.15, -0.1) is 12.4 Å². The van der Waals surface area contributed by atoms with Crippen LogP contribution in [0.5, 0.6) is 0 Å². The Morgan fingerprint density at radius 3 is 2.55 bits per heavy atom. The third kappa shape index (κ3) is 4.30. The molecule has 4 nitrogen and oxygen atoms in total. The molecule has 1 aromatic carbocycles. The van der Waals surface area contributed by atoms with Gasteiger partial charge >= 0.3 is 0 Å². The van der Waals surface area contributed by atoms with Crippen molar-refractivity contribution in [3.63, 3.8) is 0 Å². The van der Waals surface area contributed by atoms with Crippen LogP contribution in [0.2, 0.25) is 0 Å². The molecule has 0 aliphatic carbocycles. The number of carbonyl (C=O) groups is 1. The lowest BCUT2D eigenvalue weighted by Crippen LogP contribution is -2.33. The Kier molecular flexibility index (Phi) is 6.65. The van der Waals surface area contributed by atoms with Crippen molar-refractivity contribution in [2.75, 3.05) is 26.4 Å². The van der Waals surface area contributed by atoms with Gasteiger partial charge in [0.25, 0.3) is 0 Å². The maximum atomic E-state index is 12.2. The van der Waals surface area contributed by atoms with E-state index in [2.05, 4.69) is 5.32 Å². The standard InChI is InChI=1S/C14H20N2O2S.ClH/c1-16(14(17)12-7-8-15-9-12)10-11-3-5-13(6-4-11)19(2)18;/h3-6,12,15H,7-10H2,1-2H3;1H. The van der Waals surface area contributed by atoms with Crippen LogP contribution in [0.25, 0.3) is 0 Å². The number of nitrogens with zero attached hydrogens (tertiary/aromatic N) is 1. The van der Waals surface area contributed by atoms with Crippen LogP contribution >= 0.6 is 12.4 Å². The van der Waals surface area contributed by atoms with E-state index in [1.807, 2.05) is 31.3 Å². The molecule has 1 aromatic rings. The predicted octanol–water partition coefficient (Wildman–Crippen LogP) is 1.41. The summed E-state index contributed by atoms with van der Waals surface area (Å²) >= 11 is 0. The Morgan fingerprint density at radius 1 is 1.40 bits per heavy atom. The summed E-state index contributed by atoms with van der Waals surface area (Å²) < 4.78 is 11.3. The zero-order valence-corrected chi connectivity index (χ0v) is 13.4. The maximum absolute atomic E-state index is 12.2. The van der Waals surface area contributed by atoms with Gasteiger partial charge in [0.05, 0.1) is 5.92 Å². The number of carbonyl (C=O) groups excluding carboxylic acids is 1. The minimum Gasteiger partial charge on any atom is -0.341 e. The van der Waals surface area contributed by atoms with E-state index < -0.39 is 10.8 Å². The SMILES string of the molecule is CN(Cc1ccc(S(C)=O)cc1)C(=O)C1CCNC1.Cl. The zero-order chi connectivity index (χ0) is 13.8. The Balaban J connectivity index is 0.00000200. The number of rotatable bonds is 4. The molecule has 1 N–H and O–H groups in total. The molecular weight excluding hydrogens is 296 g/mol. The van der Waals surface area contributed by atoms with Gasteiger partial charge in [-0.3, -0.25) is 9.00 Å². The van der Waals surface area contributed by atoms with Crippen molar-refractivity contribution in [3.8, 4) is 0 Å². The van der Waals surface area contributed by atoms with Gasteiger partial charge in [0.2, 0.25) is 5.91 Å². The topological polar surface area (TPSA) is 49.4 Å². The first kappa shape index (κ1) is 17.1. The van der Waals surface area contributed by atoms with Gasteiger partial charge in [0.15, 0.2) is 0 Å².